The third-order valence-corrected chi connectivity index (χ3v) is 2.64. The molecule has 0 spiro atoms. The summed E-state index contributed by atoms with van der Waals surface area (Å²) in [6.07, 6.45) is 0.291. The first-order valence-electron chi connectivity index (χ1n) is 6.20. The lowest BCUT2D eigenvalue weighted by Gasteiger charge is -2.23. The second-order valence-corrected chi connectivity index (χ2v) is 4.83. The Bertz CT molecular complexity index is 492. The molecule has 0 aromatic heterocycles. The van der Waals surface area contributed by atoms with Crippen LogP contribution in [0.15, 0.2) is 18.2 Å². The maximum Gasteiger partial charge on any atom is 0.254 e. The summed E-state index contributed by atoms with van der Waals surface area (Å²) in [4.78, 5) is 13.9. The van der Waals surface area contributed by atoms with Crippen molar-refractivity contribution in [3.8, 4) is 11.8 Å². The summed E-state index contributed by atoms with van der Waals surface area (Å²) in [5.74, 6) is 0.0138. The minimum atomic E-state index is -0.195. The van der Waals surface area contributed by atoms with E-state index in [0.717, 1.165) is 0 Å². The van der Waals surface area contributed by atoms with Crippen LogP contribution in [-0.2, 0) is 0 Å². The van der Waals surface area contributed by atoms with Gasteiger partial charge in [-0.25, -0.2) is 0 Å². The first-order valence-corrected chi connectivity index (χ1v) is 6.20. The van der Waals surface area contributed by atoms with Gasteiger partial charge in [0.15, 0.2) is 0 Å². The third kappa shape index (κ3) is 4.18. The number of rotatable bonds is 5. The highest BCUT2D eigenvalue weighted by atomic mass is 16.3. The molecule has 0 atom stereocenters. The monoisotopic (exact) mass is 261 g/mol. The number of hydrogen-bond acceptors (Lipinski definition) is 4. The highest BCUT2D eigenvalue weighted by molar-refractivity contribution is 5.95. The Morgan fingerprint density at radius 1 is 1.53 bits per heavy atom. The van der Waals surface area contributed by atoms with E-state index in [4.69, 9.17) is 11.0 Å². The number of benzene rings is 1. The maximum atomic E-state index is 12.3. The van der Waals surface area contributed by atoms with Crippen LogP contribution >= 0.6 is 0 Å². The van der Waals surface area contributed by atoms with Crippen molar-refractivity contribution in [3.63, 3.8) is 0 Å². The number of nitrogens with two attached hydrogens (primary N) is 1. The van der Waals surface area contributed by atoms with E-state index >= 15 is 0 Å². The van der Waals surface area contributed by atoms with Crippen LogP contribution in [0.2, 0.25) is 0 Å². The van der Waals surface area contributed by atoms with E-state index in [1.54, 1.807) is 11.0 Å². The van der Waals surface area contributed by atoms with Gasteiger partial charge < -0.3 is 15.7 Å². The number of carbonyl (C=O) groups is 1. The molecule has 0 bridgehead atoms. The molecule has 1 amide bonds. The first-order chi connectivity index (χ1) is 8.95. The number of phenolic OH excluding ortho intramolecular Hbond substituents is 1. The fourth-order valence-corrected chi connectivity index (χ4v) is 1.76. The number of anilines is 1. The van der Waals surface area contributed by atoms with Crippen molar-refractivity contribution < 1.29 is 9.90 Å². The Labute approximate surface area is 113 Å². The molecule has 0 saturated heterocycles. The lowest BCUT2D eigenvalue weighted by atomic mass is 10.1. The summed E-state index contributed by atoms with van der Waals surface area (Å²) in [7, 11) is 0. The molecule has 0 aliphatic heterocycles. The summed E-state index contributed by atoms with van der Waals surface area (Å²) in [5.41, 5.74) is 6.13. The fraction of sp³-hybridized carbons (Fsp3) is 0.429. The normalized spacial score (nSPS) is 10.2. The predicted molar refractivity (Wildman–Crippen MR) is 73.5 cm³/mol. The number of amides is 1. The second-order valence-electron chi connectivity index (χ2n) is 4.83. The highest BCUT2D eigenvalue weighted by Crippen LogP contribution is 2.21. The van der Waals surface area contributed by atoms with Crippen LogP contribution in [-0.4, -0.2) is 29.0 Å². The second kappa shape index (κ2) is 6.64. The van der Waals surface area contributed by atoms with Crippen molar-refractivity contribution in [2.75, 3.05) is 18.8 Å². The lowest BCUT2D eigenvalue weighted by molar-refractivity contribution is 0.0739. The Balaban J connectivity index is 2.91. The van der Waals surface area contributed by atoms with E-state index in [0.29, 0.717) is 31.0 Å². The summed E-state index contributed by atoms with van der Waals surface area (Å²) in [6, 6.07) is 6.47. The fourth-order valence-electron chi connectivity index (χ4n) is 1.76. The molecular formula is C14H19N3O2. The van der Waals surface area contributed by atoms with Gasteiger partial charge in [-0.2, -0.15) is 5.26 Å². The van der Waals surface area contributed by atoms with Gasteiger partial charge in [-0.3, -0.25) is 4.79 Å². The summed E-state index contributed by atoms with van der Waals surface area (Å²) < 4.78 is 0. The van der Waals surface area contributed by atoms with Gasteiger partial charge in [0.05, 0.1) is 18.2 Å². The molecular weight excluding hydrogens is 242 g/mol. The molecule has 0 fully saturated rings. The molecule has 0 aliphatic rings. The van der Waals surface area contributed by atoms with Crippen LogP contribution in [0.5, 0.6) is 5.75 Å². The average Bonchev–Trinajstić information content (AvgIpc) is 2.36. The van der Waals surface area contributed by atoms with E-state index < -0.39 is 0 Å². The zero-order valence-electron chi connectivity index (χ0n) is 11.3. The number of aromatic hydroxyl groups is 1. The molecule has 1 rings (SSSR count). The Morgan fingerprint density at radius 2 is 2.21 bits per heavy atom. The number of hydrogen-bond donors (Lipinski definition) is 2. The van der Waals surface area contributed by atoms with Gasteiger partial charge in [0.1, 0.15) is 5.75 Å². The molecule has 0 saturated carbocycles. The zero-order valence-corrected chi connectivity index (χ0v) is 11.3. The Morgan fingerprint density at radius 3 is 2.74 bits per heavy atom. The van der Waals surface area contributed by atoms with Crippen molar-refractivity contribution in [1.29, 1.82) is 5.26 Å². The van der Waals surface area contributed by atoms with Gasteiger partial charge in [-0.05, 0) is 24.1 Å². The van der Waals surface area contributed by atoms with E-state index in [2.05, 4.69) is 0 Å². The standard InChI is InChI=1S/C14H19N3O2/c1-10(2)9-17(7-3-6-15)14(19)11-4-5-12(16)13(18)8-11/h4-5,8,10,18H,3,7,9,16H2,1-2H3. The molecule has 0 aliphatic carbocycles. The van der Waals surface area contributed by atoms with E-state index in [-0.39, 0.29) is 17.3 Å². The molecule has 1 aromatic carbocycles. The van der Waals surface area contributed by atoms with Gasteiger partial charge in [0.25, 0.3) is 5.91 Å². The minimum Gasteiger partial charge on any atom is -0.506 e. The lowest BCUT2D eigenvalue weighted by Crippen LogP contribution is -2.35. The number of nitrogen functional groups attached to an aromatic ring is 1. The quantitative estimate of drug-likeness (QED) is 0.626. The van der Waals surface area contributed by atoms with Gasteiger partial charge in [-0.1, -0.05) is 13.8 Å². The van der Waals surface area contributed by atoms with Crippen molar-refractivity contribution >= 4 is 11.6 Å². The van der Waals surface area contributed by atoms with Crippen LogP contribution < -0.4 is 5.73 Å². The van der Waals surface area contributed by atoms with Crippen molar-refractivity contribution in [2.24, 2.45) is 5.92 Å². The van der Waals surface area contributed by atoms with Gasteiger partial charge in [-0.15, -0.1) is 0 Å². The van der Waals surface area contributed by atoms with E-state index in [1.165, 1.54) is 12.1 Å². The Hall–Kier alpha value is -2.22. The summed E-state index contributed by atoms with van der Waals surface area (Å²) in [6.45, 7) is 4.98. The van der Waals surface area contributed by atoms with Crippen LogP contribution in [0.3, 0.4) is 0 Å². The SMILES string of the molecule is CC(C)CN(CCC#N)C(=O)c1ccc(N)c(O)c1. The predicted octanol–water partition coefficient (Wildman–Crippen LogP) is 1.99. The number of nitriles is 1. The molecule has 3 N–H and O–H groups in total. The molecule has 0 unspecified atom stereocenters. The van der Waals surface area contributed by atoms with Crippen molar-refractivity contribution in [2.45, 2.75) is 20.3 Å². The van der Waals surface area contributed by atoms with Crippen LogP contribution in [0.4, 0.5) is 5.69 Å². The average molecular weight is 261 g/mol. The van der Waals surface area contributed by atoms with Crippen molar-refractivity contribution in [3.05, 3.63) is 23.8 Å². The topological polar surface area (TPSA) is 90.4 Å². The maximum absolute atomic E-state index is 12.3. The molecule has 102 valence electrons. The molecule has 5 heteroatoms. The minimum absolute atomic E-state index is 0.101. The highest BCUT2D eigenvalue weighted by Gasteiger charge is 2.17. The van der Waals surface area contributed by atoms with Gasteiger partial charge in [0, 0.05) is 18.7 Å². The van der Waals surface area contributed by atoms with Crippen LogP contribution in [0, 0.1) is 17.2 Å². The van der Waals surface area contributed by atoms with Gasteiger partial charge in [0.2, 0.25) is 0 Å². The van der Waals surface area contributed by atoms with E-state index in [1.807, 2.05) is 19.9 Å². The van der Waals surface area contributed by atoms with E-state index in [9.17, 15) is 9.90 Å². The zero-order chi connectivity index (χ0) is 14.4. The third-order valence-electron chi connectivity index (χ3n) is 2.64. The molecule has 19 heavy (non-hydrogen) atoms. The number of nitrogens with zero attached hydrogens (tertiary/aromatic N) is 2. The largest absolute Gasteiger partial charge is 0.506 e. The smallest absolute Gasteiger partial charge is 0.254 e. The molecule has 5 nitrogen and oxygen atoms in total. The van der Waals surface area contributed by atoms with Crippen LogP contribution in [0.25, 0.3) is 0 Å². The summed E-state index contributed by atoms with van der Waals surface area (Å²) >= 11 is 0. The van der Waals surface area contributed by atoms with Crippen molar-refractivity contribution in [1.82, 2.24) is 4.90 Å². The van der Waals surface area contributed by atoms with Gasteiger partial charge >= 0.3 is 0 Å². The first kappa shape index (κ1) is 14.8. The summed E-state index contributed by atoms with van der Waals surface area (Å²) in [5, 5.41) is 18.2. The Kier molecular flexibility index (Phi) is 5.19. The van der Waals surface area contributed by atoms with Crippen LogP contribution in [0.1, 0.15) is 30.6 Å². The molecule has 1 aromatic rings. The number of carbonyl (C=O) groups excluding carboxylic acids is 1. The molecule has 0 heterocycles. The number of phenols is 1. The molecule has 0 radical (unpaired) electrons.